The second-order valence-corrected chi connectivity index (χ2v) is 0.250. The minimum atomic E-state index is -2.33. The Morgan fingerprint density at radius 2 is 1.50 bits per heavy atom. The number of hydrogen-bond acceptors (Lipinski definition) is 3. The Hall–Kier alpha value is 1.30. The van der Waals surface area contributed by atoms with Crippen LogP contribution in [0.5, 0.6) is 0 Å². The summed E-state index contributed by atoms with van der Waals surface area (Å²) in [7, 11) is 0. The molecule has 0 spiro atoms. The van der Waals surface area contributed by atoms with Gasteiger partial charge in [-0.2, -0.15) is 0 Å². The van der Waals surface area contributed by atoms with Crippen molar-refractivity contribution in [3.8, 4) is 0 Å². The fourth-order valence-electron chi connectivity index (χ4n) is 0. The summed E-state index contributed by atoms with van der Waals surface area (Å²) in [6.45, 7) is 0. The van der Waals surface area contributed by atoms with Gasteiger partial charge in [-0.3, -0.25) is 0 Å². The summed E-state index contributed by atoms with van der Waals surface area (Å²) in [4.78, 5) is 8.33. The van der Waals surface area contributed by atoms with Crippen LogP contribution in [0.2, 0.25) is 0 Å². The van der Waals surface area contributed by atoms with Gasteiger partial charge in [0.05, 0.1) is 0 Å². The third kappa shape index (κ3) is 58.2. The second kappa shape index (κ2) is 9.57. The van der Waals surface area contributed by atoms with Crippen molar-refractivity contribution in [2.24, 2.45) is 0 Å². The Balaban J connectivity index is 0. The van der Waals surface area contributed by atoms with Crippen molar-refractivity contribution in [2.75, 3.05) is 0 Å². The molecule has 0 rings (SSSR count). The molecule has 0 saturated heterocycles. The van der Waals surface area contributed by atoms with E-state index >= 15 is 0 Å². The molecular formula is CHCaMgO3. The Kier molecular flexibility index (Phi) is 16.4. The molecule has 0 atom stereocenters. The van der Waals surface area contributed by atoms with Crippen LogP contribution in [0.25, 0.3) is 0 Å². The molecule has 27 valence electrons. The van der Waals surface area contributed by atoms with Gasteiger partial charge in [0, 0.05) is 0 Å². The van der Waals surface area contributed by atoms with Crippen molar-refractivity contribution in [3.63, 3.8) is 0 Å². The normalized spacial score (nSPS) is 4.67. The van der Waals surface area contributed by atoms with Crippen molar-refractivity contribution in [1.82, 2.24) is 0 Å². The number of carbonyl (C=O) groups is 1. The molecule has 0 N–H and O–H groups in total. The van der Waals surface area contributed by atoms with E-state index < -0.39 is 6.16 Å². The van der Waals surface area contributed by atoms with E-state index in [-0.39, 0.29) is 0 Å². The van der Waals surface area contributed by atoms with Gasteiger partial charge >= 0.3 is 45.2 Å². The van der Waals surface area contributed by atoms with E-state index in [0.717, 1.165) is 0 Å². The molecule has 0 aromatic carbocycles. The maximum absolute atomic E-state index is 8.33. The van der Waals surface area contributed by atoms with Gasteiger partial charge in [0.25, 0.3) is 0 Å². The molecule has 0 aromatic rings. The Morgan fingerprint density at radius 3 is 1.50 bits per heavy atom. The van der Waals surface area contributed by atoms with Crippen molar-refractivity contribution < 1.29 is 15.0 Å². The summed E-state index contributed by atoms with van der Waals surface area (Å²) in [6, 6.07) is 0. The summed E-state index contributed by atoms with van der Waals surface area (Å²) in [6.07, 6.45) is -2.33. The van der Waals surface area contributed by atoms with Crippen LogP contribution in [0, 0.1) is 0 Å². The molecule has 5 heteroatoms. The van der Waals surface area contributed by atoms with Crippen LogP contribution < -0.4 is 10.2 Å². The van der Waals surface area contributed by atoms with E-state index in [9.17, 15) is 0 Å². The predicted octanol–water partition coefficient (Wildman–Crippen LogP) is -3.48. The first kappa shape index (κ1) is 10.3. The van der Waals surface area contributed by atoms with E-state index in [1.54, 1.807) is 0 Å². The number of hydrogen-bond donors (Lipinski definition) is 0. The molecule has 0 aromatic heterocycles. The van der Waals surface area contributed by atoms with Crippen LogP contribution >= 0.6 is 0 Å². The zero-order valence-electron chi connectivity index (χ0n) is 3.43. The van der Waals surface area contributed by atoms with Crippen molar-refractivity contribution in [3.05, 3.63) is 0 Å². The molecule has 0 amide bonds. The van der Waals surface area contributed by atoms with Crippen molar-refractivity contribution in [1.29, 1.82) is 0 Å². The molecule has 0 heterocycles. The monoisotopic (exact) mass is 125 g/mol. The Morgan fingerprint density at radius 1 is 1.50 bits per heavy atom. The third-order valence-electron chi connectivity index (χ3n) is 0. The van der Waals surface area contributed by atoms with Gasteiger partial charge in [-0.25, -0.2) is 0 Å². The van der Waals surface area contributed by atoms with Crippen LogP contribution in [-0.4, -0.2) is 51.3 Å². The zero-order valence-corrected chi connectivity index (χ0v) is 7.64. The summed E-state index contributed by atoms with van der Waals surface area (Å²) in [5.41, 5.74) is 0. The third-order valence-corrected chi connectivity index (χ3v) is 0. The van der Waals surface area contributed by atoms with Gasteiger partial charge in [0.1, 0.15) is 0 Å². The van der Waals surface area contributed by atoms with Crippen LogP contribution in [0.15, 0.2) is 0 Å². The maximum atomic E-state index is 8.33. The van der Waals surface area contributed by atoms with Crippen LogP contribution in [0.1, 0.15) is 0 Å². The molecule has 0 aliphatic heterocycles. The average molecular weight is 125 g/mol. The number of carbonyl (C=O) groups excluding carboxylic acids is 1. The molecule has 0 fully saturated rings. The topological polar surface area (TPSA) is 63.2 Å². The van der Waals surface area contributed by atoms with Gasteiger partial charge in [-0.15, -0.1) is 0 Å². The summed E-state index contributed by atoms with van der Waals surface area (Å²) < 4.78 is 0. The zero-order chi connectivity index (χ0) is 5.58. The summed E-state index contributed by atoms with van der Waals surface area (Å²) in [5.74, 6) is 0. The fraction of sp³-hybridized carbons (Fsp3) is 0. The van der Waals surface area contributed by atoms with E-state index in [1.165, 1.54) is 45.2 Å². The van der Waals surface area contributed by atoms with Gasteiger partial charge in [0.2, 0.25) is 0 Å². The van der Waals surface area contributed by atoms with Gasteiger partial charge in [-0.05, 0) is 6.16 Å². The van der Waals surface area contributed by atoms with E-state index in [2.05, 4.69) is 0 Å². The molecule has 0 unspecified atom stereocenters. The Labute approximate surface area is 65.3 Å². The predicted molar refractivity (Wildman–Crippen MR) is 18.3 cm³/mol. The molecular weight excluding hydrogens is 124 g/mol. The van der Waals surface area contributed by atoms with Gasteiger partial charge in [0.15, 0.2) is 0 Å². The molecule has 7 radical (unpaired) electrons. The van der Waals surface area contributed by atoms with Gasteiger partial charge in [-0.1, -0.05) is 0 Å². The SMILES string of the molecule is O=C([O-])[O-].[MgH][Ca+2]. The molecule has 0 bridgehead atoms. The minimum absolute atomic E-state index is 1.43. The van der Waals surface area contributed by atoms with Crippen LogP contribution in [-0.2, 0) is 0 Å². The van der Waals surface area contributed by atoms with Crippen LogP contribution in [0.3, 0.4) is 0 Å². The molecule has 0 saturated carbocycles. The van der Waals surface area contributed by atoms with Crippen molar-refractivity contribution in [2.45, 2.75) is 0 Å². The van der Waals surface area contributed by atoms with Crippen molar-refractivity contribution >= 4 is 51.3 Å². The average Bonchev–Trinajstić information content (AvgIpc) is 1.41. The van der Waals surface area contributed by atoms with E-state index in [1.807, 2.05) is 0 Å². The second-order valence-electron chi connectivity index (χ2n) is 0.250. The molecule has 6 heavy (non-hydrogen) atoms. The number of rotatable bonds is 0. The van der Waals surface area contributed by atoms with E-state index in [4.69, 9.17) is 15.0 Å². The first-order valence-electron chi connectivity index (χ1n) is 1.32. The quantitative estimate of drug-likeness (QED) is 0.316. The van der Waals surface area contributed by atoms with Gasteiger partial charge < -0.3 is 15.0 Å². The number of carboxylic acid groups (broad SMARTS) is 2. The first-order valence-corrected chi connectivity index (χ1v) is 9.36. The molecule has 0 aliphatic carbocycles. The molecule has 0 aliphatic rings. The standard InChI is InChI=1S/CH2O3.Ca.Mg.H/c2-1(3)4;;;/h(H2,2,3,4);;;/q;+2;;/p-2. The summed E-state index contributed by atoms with van der Waals surface area (Å²) in [5, 5.41) is 16.7. The first-order chi connectivity index (χ1) is 2.73. The van der Waals surface area contributed by atoms with Crippen LogP contribution in [0.4, 0.5) is 4.79 Å². The van der Waals surface area contributed by atoms with E-state index in [0.29, 0.717) is 0 Å². The fourth-order valence-corrected chi connectivity index (χ4v) is 0. The summed E-state index contributed by atoms with van der Waals surface area (Å²) >= 11 is 2.94. The molecule has 3 nitrogen and oxygen atoms in total. The Bertz CT molecular complexity index is 33.8.